The number of carbonyl (C=O) groups excluding carboxylic acids is 1. The Kier molecular flexibility index (Phi) is 6.83. The quantitative estimate of drug-likeness (QED) is 0.566. The lowest BCUT2D eigenvalue weighted by molar-refractivity contribution is -0.117. The van der Waals surface area contributed by atoms with Gasteiger partial charge in [0.25, 0.3) is 0 Å². The van der Waals surface area contributed by atoms with Crippen LogP contribution in [0.2, 0.25) is 0 Å². The van der Waals surface area contributed by atoms with E-state index in [1.54, 1.807) is 14.0 Å². The van der Waals surface area contributed by atoms with Gasteiger partial charge in [0.15, 0.2) is 0 Å². The minimum Gasteiger partial charge on any atom is -0.497 e. The van der Waals surface area contributed by atoms with Crippen molar-refractivity contribution in [3.05, 3.63) is 29.8 Å². The summed E-state index contributed by atoms with van der Waals surface area (Å²) in [6.07, 6.45) is 0.731. The minimum atomic E-state index is -0.193. The van der Waals surface area contributed by atoms with Crippen LogP contribution in [0.4, 0.5) is 0 Å². The average molecular weight is 274 g/mol. The van der Waals surface area contributed by atoms with E-state index >= 15 is 0 Å². The smallest absolute Gasteiger partial charge is 0.125 e. The Morgan fingerprint density at radius 2 is 1.90 bits per heavy atom. The van der Waals surface area contributed by atoms with Crippen LogP contribution in [-0.4, -0.2) is 19.5 Å². The van der Waals surface area contributed by atoms with Gasteiger partial charge >= 0.3 is 0 Å². The zero-order valence-corrected chi connectivity index (χ0v) is 12.6. The minimum absolute atomic E-state index is 0.0263. The van der Waals surface area contributed by atoms with Crippen molar-refractivity contribution in [2.45, 2.75) is 33.5 Å². The second kappa shape index (κ2) is 8.39. The molecule has 0 aromatic heterocycles. The number of methoxy groups -OCH3 is 1. The van der Waals surface area contributed by atoms with Crippen LogP contribution >= 0.6 is 0 Å². The predicted molar refractivity (Wildman–Crippen MR) is 79.4 cm³/mol. The van der Waals surface area contributed by atoms with Crippen molar-refractivity contribution < 1.29 is 14.3 Å². The third-order valence-corrected chi connectivity index (χ3v) is 3.20. The van der Waals surface area contributed by atoms with Gasteiger partial charge in [0.05, 0.1) is 19.8 Å². The molecule has 0 aliphatic heterocycles. The van der Waals surface area contributed by atoms with Gasteiger partial charge in [-0.1, -0.05) is 25.0 Å². The van der Waals surface area contributed by atoms with Crippen LogP contribution in [0.1, 0.15) is 26.3 Å². The summed E-state index contributed by atoms with van der Waals surface area (Å²) in [7, 11) is 1.64. The monoisotopic (exact) mass is 274 g/mol. The maximum absolute atomic E-state index is 11.0. The van der Waals surface area contributed by atoms with E-state index in [1.165, 1.54) is 0 Å². The Morgan fingerprint density at radius 1 is 1.25 bits per heavy atom. The van der Waals surface area contributed by atoms with E-state index in [1.807, 2.05) is 38.1 Å². The third-order valence-electron chi connectivity index (χ3n) is 3.20. The molecule has 0 unspecified atom stereocenters. The molecule has 108 valence electrons. The highest BCUT2D eigenvalue weighted by molar-refractivity contribution is 5.54. The molecule has 0 spiro atoms. The van der Waals surface area contributed by atoms with E-state index in [2.05, 4.69) is 11.8 Å². The first kappa shape index (κ1) is 16.3. The molecular weight excluding hydrogens is 252 g/mol. The van der Waals surface area contributed by atoms with E-state index < -0.39 is 0 Å². The zero-order chi connectivity index (χ0) is 15.0. The summed E-state index contributed by atoms with van der Waals surface area (Å²) in [4.78, 5) is 11.0. The molecule has 0 heterocycles. The fourth-order valence-electron chi connectivity index (χ4n) is 2.05. The summed E-state index contributed by atoms with van der Waals surface area (Å²) in [6.45, 7) is 6.10. The molecule has 0 saturated heterocycles. The number of hydrogen-bond donors (Lipinski definition) is 0. The SMILES string of the molecule is CC#C[C@@H](C)[C@@H](OCc1ccc(OC)cc1)[C@H](C)C=O. The normalized spacial score (nSPS) is 14.6. The molecule has 0 aliphatic carbocycles. The Hall–Kier alpha value is -1.79. The zero-order valence-electron chi connectivity index (χ0n) is 12.6. The maximum Gasteiger partial charge on any atom is 0.125 e. The van der Waals surface area contributed by atoms with Gasteiger partial charge in [-0.3, -0.25) is 0 Å². The van der Waals surface area contributed by atoms with Gasteiger partial charge in [0.1, 0.15) is 12.0 Å². The molecule has 1 aromatic rings. The molecule has 0 bridgehead atoms. The summed E-state index contributed by atoms with van der Waals surface area (Å²) in [6, 6.07) is 7.70. The van der Waals surface area contributed by atoms with Crippen LogP contribution in [0.25, 0.3) is 0 Å². The van der Waals surface area contributed by atoms with E-state index in [4.69, 9.17) is 9.47 Å². The van der Waals surface area contributed by atoms with Crippen LogP contribution in [0.3, 0.4) is 0 Å². The Morgan fingerprint density at radius 3 is 2.40 bits per heavy atom. The third kappa shape index (κ3) is 4.71. The average Bonchev–Trinajstić information content (AvgIpc) is 2.48. The number of benzene rings is 1. The van der Waals surface area contributed by atoms with Crippen LogP contribution in [0, 0.1) is 23.7 Å². The van der Waals surface area contributed by atoms with Gasteiger partial charge in [-0.25, -0.2) is 0 Å². The molecule has 0 N–H and O–H groups in total. The van der Waals surface area contributed by atoms with Crippen molar-refractivity contribution in [3.63, 3.8) is 0 Å². The first-order chi connectivity index (χ1) is 9.62. The molecule has 0 fully saturated rings. The molecule has 1 rings (SSSR count). The number of hydrogen-bond acceptors (Lipinski definition) is 3. The first-order valence-electron chi connectivity index (χ1n) is 6.74. The summed E-state index contributed by atoms with van der Waals surface area (Å²) in [5, 5.41) is 0. The molecular formula is C17H22O3. The summed E-state index contributed by atoms with van der Waals surface area (Å²) in [5.74, 6) is 6.61. The molecule has 3 nitrogen and oxygen atoms in total. The van der Waals surface area contributed by atoms with E-state index in [0.29, 0.717) is 6.61 Å². The summed E-state index contributed by atoms with van der Waals surface area (Å²) >= 11 is 0. The molecule has 3 heteroatoms. The molecule has 0 aliphatic rings. The second-order valence-corrected chi connectivity index (χ2v) is 4.80. The highest BCUT2D eigenvalue weighted by Crippen LogP contribution is 2.18. The Labute approximate surface area is 121 Å². The van der Waals surface area contributed by atoms with Gasteiger partial charge in [0.2, 0.25) is 0 Å². The number of ether oxygens (including phenoxy) is 2. The van der Waals surface area contributed by atoms with Gasteiger partial charge in [-0.05, 0) is 31.5 Å². The maximum atomic E-state index is 11.0. The molecule has 20 heavy (non-hydrogen) atoms. The van der Waals surface area contributed by atoms with Crippen LogP contribution in [-0.2, 0) is 16.1 Å². The van der Waals surface area contributed by atoms with E-state index in [0.717, 1.165) is 17.6 Å². The molecule has 3 atom stereocenters. The van der Waals surface area contributed by atoms with Crippen molar-refractivity contribution in [3.8, 4) is 17.6 Å². The van der Waals surface area contributed by atoms with E-state index in [-0.39, 0.29) is 17.9 Å². The largest absolute Gasteiger partial charge is 0.497 e. The Balaban J connectivity index is 2.68. The standard InChI is InChI=1S/C17H22O3/c1-5-6-13(2)17(14(3)11-18)20-12-15-7-9-16(19-4)10-8-15/h7-11,13-14,17H,12H2,1-4H3/t13-,14-,17-/m1/s1. The van der Waals surface area contributed by atoms with Crippen LogP contribution < -0.4 is 4.74 Å². The molecule has 0 radical (unpaired) electrons. The highest BCUT2D eigenvalue weighted by atomic mass is 16.5. The molecule has 0 saturated carbocycles. The lowest BCUT2D eigenvalue weighted by atomic mass is 9.94. The van der Waals surface area contributed by atoms with Crippen molar-refractivity contribution in [1.29, 1.82) is 0 Å². The van der Waals surface area contributed by atoms with Crippen LogP contribution in [0.5, 0.6) is 5.75 Å². The van der Waals surface area contributed by atoms with Gasteiger partial charge < -0.3 is 14.3 Å². The summed E-state index contributed by atoms with van der Waals surface area (Å²) in [5.41, 5.74) is 1.05. The number of rotatable bonds is 7. The topological polar surface area (TPSA) is 35.5 Å². The van der Waals surface area contributed by atoms with Gasteiger partial charge in [0, 0.05) is 11.8 Å². The van der Waals surface area contributed by atoms with Crippen molar-refractivity contribution in [2.24, 2.45) is 11.8 Å². The number of carbonyl (C=O) groups is 1. The fraction of sp³-hybridized carbons (Fsp3) is 0.471. The first-order valence-corrected chi connectivity index (χ1v) is 6.74. The predicted octanol–water partition coefficient (Wildman–Crippen LogP) is 3.07. The van der Waals surface area contributed by atoms with Crippen molar-refractivity contribution in [1.82, 2.24) is 0 Å². The lowest BCUT2D eigenvalue weighted by Crippen LogP contribution is -2.29. The Bertz CT molecular complexity index is 467. The van der Waals surface area contributed by atoms with E-state index in [9.17, 15) is 4.79 Å². The van der Waals surface area contributed by atoms with Crippen LogP contribution in [0.15, 0.2) is 24.3 Å². The van der Waals surface area contributed by atoms with Gasteiger partial charge in [-0.2, -0.15) is 0 Å². The molecule has 1 aromatic carbocycles. The van der Waals surface area contributed by atoms with Crippen molar-refractivity contribution >= 4 is 6.29 Å². The highest BCUT2D eigenvalue weighted by Gasteiger charge is 2.23. The lowest BCUT2D eigenvalue weighted by Gasteiger charge is -2.23. The fourth-order valence-corrected chi connectivity index (χ4v) is 2.05. The number of aldehydes is 1. The molecule has 0 amide bonds. The van der Waals surface area contributed by atoms with Gasteiger partial charge in [-0.15, -0.1) is 5.92 Å². The summed E-state index contributed by atoms with van der Waals surface area (Å²) < 4.78 is 11.0. The second-order valence-electron chi connectivity index (χ2n) is 4.80. The van der Waals surface area contributed by atoms with Crippen molar-refractivity contribution in [2.75, 3.05) is 7.11 Å².